The Labute approximate surface area is 108 Å². The van der Waals surface area contributed by atoms with Gasteiger partial charge in [0.25, 0.3) is 0 Å². The van der Waals surface area contributed by atoms with Gasteiger partial charge in [-0.3, -0.25) is 4.99 Å². The summed E-state index contributed by atoms with van der Waals surface area (Å²) in [5.41, 5.74) is 7.56. The molecule has 0 saturated heterocycles. The topological polar surface area (TPSA) is 50.7 Å². The molecule has 0 heterocycles. The van der Waals surface area contributed by atoms with Gasteiger partial charge in [0, 0.05) is 18.2 Å². The highest BCUT2D eigenvalue weighted by Crippen LogP contribution is 2.04. The number of nitrogens with zero attached hydrogens (tertiary/aromatic N) is 2. The van der Waals surface area contributed by atoms with Crippen molar-refractivity contribution in [1.29, 1.82) is 0 Å². The molecule has 0 radical (unpaired) electrons. The maximum atomic E-state index is 5.91. The fourth-order valence-corrected chi connectivity index (χ4v) is 1.39. The lowest BCUT2D eigenvalue weighted by atomic mass is 10.2. The highest BCUT2D eigenvalue weighted by atomic mass is 15.0. The Morgan fingerprint density at radius 1 is 1.22 bits per heavy atom. The van der Waals surface area contributed by atoms with Crippen LogP contribution in [-0.4, -0.2) is 18.7 Å². The van der Waals surface area contributed by atoms with Gasteiger partial charge in [-0.25, -0.2) is 4.99 Å². The van der Waals surface area contributed by atoms with Crippen molar-refractivity contribution in [3.63, 3.8) is 0 Å². The fraction of sp³-hybridized carbons (Fsp3) is 0.0667. The first-order chi connectivity index (χ1) is 8.72. The Balaban J connectivity index is 3.10. The van der Waals surface area contributed by atoms with E-state index in [0.717, 1.165) is 11.1 Å². The first-order valence-electron chi connectivity index (χ1n) is 5.54. The first kappa shape index (κ1) is 13.6. The van der Waals surface area contributed by atoms with E-state index < -0.39 is 0 Å². The second kappa shape index (κ2) is 7.01. The Hall–Kier alpha value is -2.42. The Morgan fingerprint density at radius 3 is 2.39 bits per heavy atom. The normalized spacial score (nSPS) is 13.3. The summed E-state index contributed by atoms with van der Waals surface area (Å²) in [4.78, 5) is 8.45. The van der Waals surface area contributed by atoms with Crippen LogP contribution in [-0.2, 0) is 0 Å². The molecule has 0 aliphatic rings. The monoisotopic (exact) mass is 239 g/mol. The zero-order valence-electron chi connectivity index (χ0n) is 10.5. The van der Waals surface area contributed by atoms with E-state index in [9.17, 15) is 0 Å². The molecule has 18 heavy (non-hydrogen) atoms. The molecule has 0 aromatic heterocycles. The molecule has 1 rings (SSSR count). The second-order valence-corrected chi connectivity index (χ2v) is 3.47. The number of amidine groups is 2. The van der Waals surface area contributed by atoms with Gasteiger partial charge in [-0.15, -0.1) is 0 Å². The summed E-state index contributed by atoms with van der Waals surface area (Å²) in [5.74, 6) is 0.958. The quantitative estimate of drug-likeness (QED) is 0.490. The molecule has 3 heteroatoms. The van der Waals surface area contributed by atoms with Crippen LogP contribution in [0.3, 0.4) is 0 Å². The Bertz CT molecular complexity index is 508. The van der Waals surface area contributed by atoms with Crippen LogP contribution >= 0.6 is 0 Å². The van der Waals surface area contributed by atoms with Gasteiger partial charge in [-0.2, -0.15) is 0 Å². The molecule has 0 aliphatic carbocycles. The SMILES string of the molecule is C=C/C=C(\C=C)C(N)=NC(=NC)c1ccccc1. The number of hydrogen-bond donors (Lipinski definition) is 1. The zero-order valence-corrected chi connectivity index (χ0v) is 10.5. The molecule has 1 aromatic carbocycles. The average Bonchev–Trinajstić information content (AvgIpc) is 2.42. The molecular weight excluding hydrogens is 222 g/mol. The highest BCUT2D eigenvalue weighted by Gasteiger charge is 2.03. The molecule has 0 aliphatic heterocycles. The maximum absolute atomic E-state index is 5.91. The van der Waals surface area contributed by atoms with E-state index in [0.29, 0.717) is 11.7 Å². The molecule has 0 spiro atoms. The minimum Gasteiger partial charge on any atom is -0.383 e. The number of aliphatic imine (C=N–C) groups is 2. The van der Waals surface area contributed by atoms with Crippen LogP contribution < -0.4 is 5.73 Å². The van der Waals surface area contributed by atoms with Gasteiger partial charge in [-0.05, 0) is 0 Å². The second-order valence-electron chi connectivity index (χ2n) is 3.47. The van der Waals surface area contributed by atoms with Crippen molar-refractivity contribution in [3.8, 4) is 0 Å². The summed E-state index contributed by atoms with van der Waals surface area (Å²) >= 11 is 0. The van der Waals surface area contributed by atoms with Crippen molar-refractivity contribution in [2.24, 2.45) is 15.7 Å². The lowest BCUT2D eigenvalue weighted by Gasteiger charge is -2.03. The van der Waals surface area contributed by atoms with Crippen molar-refractivity contribution in [2.75, 3.05) is 7.05 Å². The molecule has 0 atom stereocenters. The molecule has 0 bridgehead atoms. The zero-order chi connectivity index (χ0) is 13.4. The third-order valence-electron chi connectivity index (χ3n) is 2.28. The predicted octanol–water partition coefficient (Wildman–Crippen LogP) is 2.72. The summed E-state index contributed by atoms with van der Waals surface area (Å²) < 4.78 is 0. The van der Waals surface area contributed by atoms with Crippen LogP contribution in [0.2, 0.25) is 0 Å². The minimum atomic E-state index is 0.370. The van der Waals surface area contributed by atoms with Gasteiger partial charge in [-0.1, -0.05) is 61.7 Å². The largest absolute Gasteiger partial charge is 0.383 e. The van der Waals surface area contributed by atoms with Crippen LogP contribution in [0.4, 0.5) is 0 Å². The summed E-state index contributed by atoms with van der Waals surface area (Å²) in [7, 11) is 1.68. The molecule has 1 aromatic rings. The summed E-state index contributed by atoms with van der Waals surface area (Å²) in [6.07, 6.45) is 5.04. The standard InChI is InChI=1S/C15H17N3/c1-4-9-12(5-2)14(16)18-15(17-3)13-10-7-6-8-11-13/h4-11H,1-2H2,3H3,(H2,16,17,18)/b12-9+. The smallest absolute Gasteiger partial charge is 0.156 e. The molecule has 0 unspecified atom stereocenters. The number of hydrogen-bond acceptors (Lipinski definition) is 1. The van der Waals surface area contributed by atoms with Crippen LogP contribution in [0.15, 0.2) is 77.3 Å². The van der Waals surface area contributed by atoms with Crippen molar-refractivity contribution >= 4 is 11.7 Å². The molecule has 3 nitrogen and oxygen atoms in total. The molecular formula is C15H17N3. The van der Waals surface area contributed by atoms with Crippen molar-refractivity contribution in [3.05, 3.63) is 72.9 Å². The van der Waals surface area contributed by atoms with E-state index in [-0.39, 0.29) is 0 Å². The number of allylic oxidation sites excluding steroid dienone is 2. The van der Waals surface area contributed by atoms with Gasteiger partial charge in [0.2, 0.25) is 0 Å². The van der Waals surface area contributed by atoms with E-state index in [1.165, 1.54) is 0 Å². The van der Waals surface area contributed by atoms with Crippen LogP contribution in [0.25, 0.3) is 0 Å². The van der Waals surface area contributed by atoms with Gasteiger partial charge in [0.1, 0.15) is 5.84 Å². The Kier molecular flexibility index (Phi) is 5.32. The van der Waals surface area contributed by atoms with Crippen LogP contribution in [0.5, 0.6) is 0 Å². The first-order valence-corrected chi connectivity index (χ1v) is 5.54. The third-order valence-corrected chi connectivity index (χ3v) is 2.28. The van der Waals surface area contributed by atoms with Gasteiger partial charge in [0.05, 0.1) is 0 Å². The average molecular weight is 239 g/mol. The number of nitrogens with two attached hydrogens (primary N) is 1. The van der Waals surface area contributed by atoms with Gasteiger partial charge in [0.15, 0.2) is 5.84 Å². The minimum absolute atomic E-state index is 0.370. The molecule has 92 valence electrons. The van der Waals surface area contributed by atoms with E-state index >= 15 is 0 Å². The van der Waals surface area contributed by atoms with E-state index in [1.807, 2.05) is 30.3 Å². The molecule has 2 N–H and O–H groups in total. The van der Waals surface area contributed by atoms with E-state index in [4.69, 9.17) is 5.73 Å². The lowest BCUT2D eigenvalue weighted by Crippen LogP contribution is -2.16. The van der Waals surface area contributed by atoms with Crippen LogP contribution in [0.1, 0.15) is 5.56 Å². The maximum Gasteiger partial charge on any atom is 0.156 e. The van der Waals surface area contributed by atoms with Gasteiger partial charge < -0.3 is 5.73 Å². The molecule has 0 amide bonds. The van der Waals surface area contributed by atoms with Crippen molar-refractivity contribution in [1.82, 2.24) is 0 Å². The highest BCUT2D eigenvalue weighted by molar-refractivity contribution is 6.11. The fourth-order valence-electron chi connectivity index (χ4n) is 1.39. The molecule has 0 saturated carbocycles. The van der Waals surface area contributed by atoms with Crippen LogP contribution in [0, 0.1) is 0 Å². The predicted molar refractivity (Wildman–Crippen MR) is 79.0 cm³/mol. The number of rotatable bonds is 4. The lowest BCUT2D eigenvalue weighted by molar-refractivity contribution is 1.37. The number of benzene rings is 1. The van der Waals surface area contributed by atoms with E-state index in [1.54, 1.807) is 25.3 Å². The third kappa shape index (κ3) is 3.56. The summed E-state index contributed by atoms with van der Waals surface area (Å²) in [5, 5.41) is 0. The van der Waals surface area contributed by atoms with E-state index in [2.05, 4.69) is 23.1 Å². The van der Waals surface area contributed by atoms with Gasteiger partial charge >= 0.3 is 0 Å². The van der Waals surface area contributed by atoms with Crippen molar-refractivity contribution in [2.45, 2.75) is 0 Å². The van der Waals surface area contributed by atoms with Crippen molar-refractivity contribution < 1.29 is 0 Å². The summed E-state index contributed by atoms with van der Waals surface area (Å²) in [6.45, 7) is 7.31. The molecule has 0 fully saturated rings. The summed E-state index contributed by atoms with van der Waals surface area (Å²) in [6, 6.07) is 9.67. The Morgan fingerprint density at radius 2 is 1.89 bits per heavy atom.